The summed E-state index contributed by atoms with van der Waals surface area (Å²) in [6.45, 7) is 0.676. The molecule has 1 amide bonds. The highest BCUT2D eigenvalue weighted by Crippen LogP contribution is 2.21. The van der Waals surface area contributed by atoms with E-state index in [9.17, 15) is 4.79 Å². The molecule has 0 aromatic heterocycles. The zero-order valence-corrected chi connectivity index (χ0v) is 13.5. The Morgan fingerprint density at radius 3 is 2.71 bits per heavy atom. The Bertz CT molecular complexity index is 733. The molecule has 124 valence electrons. The maximum absolute atomic E-state index is 11.6. The van der Waals surface area contributed by atoms with E-state index in [2.05, 4.69) is 17.2 Å². The molecule has 2 aromatic carbocycles. The van der Waals surface area contributed by atoms with Gasteiger partial charge in [0.15, 0.2) is 0 Å². The van der Waals surface area contributed by atoms with Gasteiger partial charge >= 0.3 is 6.09 Å². The first-order valence-corrected chi connectivity index (χ1v) is 7.56. The van der Waals surface area contributed by atoms with Crippen molar-refractivity contribution in [2.75, 3.05) is 19.4 Å². The Hall–Kier alpha value is -3.13. The molecule has 0 saturated carbocycles. The molecule has 0 bridgehead atoms. The van der Waals surface area contributed by atoms with E-state index in [1.54, 1.807) is 19.2 Å². The summed E-state index contributed by atoms with van der Waals surface area (Å²) in [7, 11) is 1.57. The van der Waals surface area contributed by atoms with Crippen molar-refractivity contribution in [3.63, 3.8) is 0 Å². The average molecular weight is 324 g/mol. The molecule has 3 N–H and O–H groups in total. The van der Waals surface area contributed by atoms with Gasteiger partial charge < -0.3 is 20.5 Å². The molecule has 0 radical (unpaired) electrons. The first-order chi connectivity index (χ1) is 11.7. The van der Waals surface area contributed by atoms with E-state index in [0.717, 1.165) is 11.1 Å². The minimum Gasteiger partial charge on any atom is -0.495 e. The molecule has 24 heavy (non-hydrogen) atoms. The van der Waals surface area contributed by atoms with Crippen molar-refractivity contribution in [1.82, 2.24) is 5.32 Å². The average Bonchev–Trinajstić information content (AvgIpc) is 2.61. The second-order valence-corrected chi connectivity index (χ2v) is 5.00. The van der Waals surface area contributed by atoms with Crippen LogP contribution in [-0.4, -0.2) is 19.7 Å². The molecule has 0 unspecified atom stereocenters. The number of rotatable bonds is 5. The lowest BCUT2D eigenvalue weighted by atomic mass is 10.2. The number of nitrogens with two attached hydrogens (primary N) is 1. The Kier molecular flexibility index (Phi) is 6.54. The highest BCUT2D eigenvalue weighted by atomic mass is 16.5. The fraction of sp³-hybridized carbons (Fsp3) is 0.211. The number of anilines is 1. The van der Waals surface area contributed by atoms with Crippen LogP contribution in [0.2, 0.25) is 0 Å². The van der Waals surface area contributed by atoms with E-state index in [4.69, 9.17) is 15.2 Å². The lowest BCUT2D eigenvalue weighted by molar-refractivity contribution is 0.140. The molecule has 0 aliphatic heterocycles. The molecule has 0 heterocycles. The van der Waals surface area contributed by atoms with Crippen LogP contribution in [0.25, 0.3) is 0 Å². The van der Waals surface area contributed by atoms with Gasteiger partial charge in [0.1, 0.15) is 12.4 Å². The van der Waals surface area contributed by atoms with Gasteiger partial charge in [-0.1, -0.05) is 42.2 Å². The molecule has 0 saturated heterocycles. The predicted molar refractivity (Wildman–Crippen MR) is 93.5 cm³/mol. The first kappa shape index (κ1) is 17.2. The second-order valence-electron chi connectivity index (χ2n) is 5.00. The van der Waals surface area contributed by atoms with Gasteiger partial charge in [-0.2, -0.15) is 0 Å². The molecule has 0 atom stereocenters. The largest absolute Gasteiger partial charge is 0.495 e. The van der Waals surface area contributed by atoms with Gasteiger partial charge in [-0.25, -0.2) is 4.79 Å². The maximum atomic E-state index is 11.6. The number of benzene rings is 2. The van der Waals surface area contributed by atoms with Crippen molar-refractivity contribution in [3.05, 3.63) is 59.7 Å². The molecule has 5 heteroatoms. The number of ether oxygens (including phenoxy) is 2. The lowest BCUT2D eigenvalue weighted by Crippen LogP contribution is -2.24. The van der Waals surface area contributed by atoms with Gasteiger partial charge in [-0.05, 0) is 23.8 Å². The third-order valence-electron chi connectivity index (χ3n) is 3.19. The number of hydrogen-bond acceptors (Lipinski definition) is 4. The van der Waals surface area contributed by atoms with Gasteiger partial charge in [0.05, 0.1) is 12.8 Å². The second kappa shape index (κ2) is 9.11. The van der Waals surface area contributed by atoms with E-state index >= 15 is 0 Å². The van der Waals surface area contributed by atoms with Crippen LogP contribution in [-0.2, 0) is 11.3 Å². The number of hydrogen-bond donors (Lipinski definition) is 2. The van der Waals surface area contributed by atoms with Crippen LogP contribution in [0, 0.1) is 11.8 Å². The van der Waals surface area contributed by atoms with Crippen molar-refractivity contribution in [1.29, 1.82) is 0 Å². The number of nitrogens with one attached hydrogen (secondary N) is 1. The molecule has 2 rings (SSSR count). The highest BCUT2D eigenvalue weighted by Gasteiger charge is 2.01. The Morgan fingerprint density at radius 1 is 1.21 bits per heavy atom. The minimum atomic E-state index is -0.450. The van der Waals surface area contributed by atoms with E-state index in [0.29, 0.717) is 24.4 Å². The standard InChI is InChI=1S/C19H20N2O3/c1-23-18-11-10-15(13-17(18)20)7-5-6-12-21-19(22)24-14-16-8-3-2-4-9-16/h2-4,8-11,13H,6,12,14,20H2,1H3,(H,21,22). The van der Waals surface area contributed by atoms with Gasteiger partial charge in [0.2, 0.25) is 0 Å². The number of methoxy groups -OCH3 is 1. The lowest BCUT2D eigenvalue weighted by Gasteiger charge is -2.05. The van der Waals surface area contributed by atoms with Crippen LogP contribution in [0.1, 0.15) is 17.5 Å². The molecular weight excluding hydrogens is 304 g/mol. The van der Waals surface area contributed by atoms with Crippen molar-refractivity contribution < 1.29 is 14.3 Å². The number of carbonyl (C=O) groups is 1. The summed E-state index contributed by atoms with van der Waals surface area (Å²) in [6.07, 6.45) is 0.0705. The molecule has 5 nitrogen and oxygen atoms in total. The van der Waals surface area contributed by atoms with Gasteiger partial charge in [-0.3, -0.25) is 0 Å². The number of carbonyl (C=O) groups excluding carboxylic acids is 1. The maximum Gasteiger partial charge on any atom is 0.407 e. The molecule has 0 aliphatic carbocycles. The number of amides is 1. The molecule has 0 fully saturated rings. The van der Waals surface area contributed by atoms with Crippen molar-refractivity contribution in [2.45, 2.75) is 13.0 Å². The van der Waals surface area contributed by atoms with E-state index in [1.165, 1.54) is 0 Å². The third kappa shape index (κ3) is 5.58. The zero-order valence-electron chi connectivity index (χ0n) is 13.5. The van der Waals surface area contributed by atoms with Crippen LogP contribution in [0.5, 0.6) is 5.75 Å². The summed E-state index contributed by atoms with van der Waals surface area (Å²) in [5.41, 5.74) is 8.12. The molecule has 2 aromatic rings. The van der Waals surface area contributed by atoms with Crippen LogP contribution in [0.4, 0.5) is 10.5 Å². The summed E-state index contributed by atoms with van der Waals surface area (Å²) < 4.78 is 10.2. The van der Waals surface area contributed by atoms with Crippen molar-refractivity contribution >= 4 is 11.8 Å². The number of alkyl carbamates (subject to hydrolysis) is 1. The first-order valence-electron chi connectivity index (χ1n) is 7.56. The van der Waals surface area contributed by atoms with E-state index < -0.39 is 6.09 Å². The van der Waals surface area contributed by atoms with E-state index in [-0.39, 0.29) is 6.61 Å². The van der Waals surface area contributed by atoms with E-state index in [1.807, 2.05) is 36.4 Å². The summed E-state index contributed by atoms with van der Waals surface area (Å²) in [5, 5.41) is 2.66. The molecule has 0 spiro atoms. The fourth-order valence-corrected chi connectivity index (χ4v) is 1.98. The fourth-order valence-electron chi connectivity index (χ4n) is 1.98. The normalized spacial score (nSPS) is 9.54. The van der Waals surface area contributed by atoms with Crippen LogP contribution >= 0.6 is 0 Å². The summed E-state index contributed by atoms with van der Waals surface area (Å²) in [6, 6.07) is 14.9. The quantitative estimate of drug-likeness (QED) is 0.504. The topological polar surface area (TPSA) is 73.6 Å². The third-order valence-corrected chi connectivity index (χ3v) is 3.19. The van der Waals surface area contributed by atoms with Gasteiger partial charge in [-0.15, -0.1) is 0 Å². The predicted octanol–water partition coefficient (Wildman–Crippen LogP) is 2.95. The van der Waals surface area contributed by atoms with Crippen molar-refractivity contribution in [2.24, 2.45) is 0 Å². The van der Waals surface area contributed by atoms with Gasteiger partial charge in [0.25, 0.3) is 0 Å². The Labute approximate surface area is 141 Å². The van der Waals surface area contributed by atoms with Crippen LogP contribution in [0.3, 0.4) is 0 Å². The molecule has 0 aliphatic rings. The highest BCUT2D eigenvalue weighted by molar-refractivity contribution is 5.67. The van der Waals surface area contributed by atoms with Gasteiger partial charge in [0, 0.05) is 18.5 Å². The van der Waals surface area contributed by atoms with Crippen LogP contribution in [0.15, 0.2) is 48.5 Å². The molecular formula is C19H20N2O3. The van der Waals surface area contributed by atoms with Crippen LogP contribution < -0.4 is 15.8 Å². The Balaban J connectivity index is 1.69. The SMILES string of the molecule is COc1ccc(C#CCCNC(=O)OCc2ccccc2)cc1N. The smallest absolute Gasteiger partial charge is 0.407 e. The monoisotopic (exact) mass is 324 g/mol. The number of nitrogen functional groups attached to an aromatic ring is 1. The summed E-state index contributed by atoms with van der Waals surface area (Å²) in [5.74, 6) is 6.60. The summed E-state index contributed by atoms with van der Waals surface area (Å²) in [4.78, 5) is 11.6. The Morgan fingerprint density at radius 2 is 2.00 bits per heavy atom. The zero-order chi connectivity index (χ0) is 17.2. The van der Waals surface area contributed by atoms with Crippen molar-refractivity contribution in [3.8, 4) is 17.6 Å². The summed E-state index contributed by atoms with van der Waals surface area (Å²) >= 11 is 0. The minimum absolute atomic E-state index is 0.253.